The lowest BCUT2D eigenvalue weighted by Crippen LogP contribution is -2.45. The van der Waals surface area contributed by atoms with E-state index in [1.165, 1.54) is 6.92 Å². The van der Waals surface area contributed by atoms with Crippen molar-refractivity contribution >= 4 is 17.5 Å². The number of benzene rings is 1. The topological polar surface area (TPSA) is 101 Å². The first-order valence-corrected chi connectivity index (χ1v) is 6.00. The zero-order valence-corrected chi connectivity index (χ0v) is 11.3. The number of carbonyl (C=O) groups is 2. The molecular formula is C12H13F2N3O4. The van der Waals surface area contributed by atoms with Gasteiger partial charge in [-0.05, 0) is 19.9 Å². The third-order valence-electron chi connectivity index (χ3n) is 2.55. The molecule has 2 N–H and O–H groups in total. The number of hydrogen-bond acceptors (Lipinski definition) is 4. The molecule has 1 unspecified atom stereocenters. The largest absolute Gasteiger partial charge is 0.355 e. The highest BCUT2D eigenvalue weighted by molar-refractivity contribution is 5.98. The zero-order chi connectivity index (χ0) is 16.2. The van der Waals surface area contributed by atoms with Gasteiger partial charge in [0.1, 0.15) is 11.9 Å². The van der Waals surface area contributed by atoms with Gasteiger partial charge in [-0.1, -0.05) is 0 Å². The Bertz CT molecular complexity index is 592. The Labute approximate surface area is 118 Å². The Morgan fingerprint density at radius 2 is 2.00 bits per heavy atom. The third-order valence-corrected chi connectivity index (χ3v) is 2.55. The van der Waals surface area contributed by atoms with Crippen molar-refractivity contribution in [3.8, 4) is 0 Å². The van der Waals surface area contributed by atoms with Gasteiger partial charge in [0.2, 0.25) is 11.7 Å². The lowest BCUT2D eigenvalue weighted by atomic mass is 10.1. The fourth-order valence-corrected chi connectivity index (χ4v) is 1.54. The van der Waals surface area contributed by atoms with Crippen molar-refractivity contribution < 1.29 is 23.3 Å². The van der Waals surface area contributed by atoms with Crippen LogP contribution in [0.1, 0.15) is 24.2 Å². The van der Waals surface area contributed by atoms with E-state index in [2.05, 4.69) is 10.6 Å². The van der Waals surface area contributed by atoms with Crippen LogP contribution in [-0.4, -0.2) is 29.3 Å². The van der Waals surface area contributed by atoms with E-state index in [4.69, 9.17) is 0 Å². The van der Waals surface area contributed by atoms with Crippen LogP contribution in [0.25, 0.3) is 0 Å². The van der Waals surface area contributed by atoms with Gasteiger partial charge in [0.05, 0.1) is 16.6 Å². The molecule has 2 amide bonds. The van der Waals surface area contributed by atoms with Gasteiger partial charge < -0.3 is 10.6 Å². The molecule has 1 atom stereocenters. The zero-order valence-electron chi connectivity index (χ0n) is 11.3. The first-order chi connectivity index (χ1) is 9.77. The molecule has 0 saturated carbocycles. The first-order valence-electron chi connectivity index (χ1n) is 6.00. The molecule has 1 rings (SSSR count). The van der Waals surface area contributed by atoms with Gasteiger partial charge >= 0.3 is 5.69 Å². The van der Waals surface area contributed by atoms with E-state index in [-0.39, 0.29) is 0 Å². The number of nitrogens with zero attached hydrogens (tertiary/aromatic N) is 1. The van der Waals surface area contributed by atoms with Gasteiger partial charge in [0, 0.05) is 6.54 Å². The average Bonchev–Trinajstić information content (AvgIpc) is 2.40. The Kier molecular flexibility index (Phi) is 5.28. The second-order valence-corrected chi connectivity index (χ2v) is 4.13. The fraction of sp³-hybridized carbons (Fsp3) is 0.333. The van der Waals surface area contributed by atoms with Gasteiger partial charge in [-0.15, -0.1) is 0 Å². The van der Waals surface area contributed by atoms with Gasteiger partial charge in [0.15, 0.2) is 0 Å². The minimum absolute atomic E-state index is 0.332. The maximum Gasteiger partial charge on any atom is 0.308 e. The highest BCUT2D eigenvalue weighted by atomic mass is 19.1. The van der Waals surface area contributed by atoms with Crippen LogP contribution >= 0.6 is 0 Å². The monoisotopic (exact) mass is 301 g/mol. The van der Waals surface area contributed by atoms with Crippen LogP contribution in [0.15, 0.2) is 12.1 Å². The number of amides is 2. The van der Waals surface area contributed by atoms with Crippen molar-refractivity contribution in [1.82, 2.24) is 10.6 Å². The lowest BCUT2D eigenvalue weighted by Gasteiger charge is -2.13. The van der Waals surface area contributed by atoms with Gasteiger partial charge in [-0.25, -0.2) is 4.39 Å². The molecule has 0 heterocycles. The molecule has 0 aliphatic rings. The van der Waals surface area contributed by atoms with E-state index in [0.717, 1.165) is 0 Å². The summed E-state index contributed by atoms with van der Waals surface area (Å²) in [5.41, 5.74) is -1.98. The highest BCUT2D eigenvalue weighted by Crippen LogP contribution is 2.22. The smallest absolute Gasteiger partial charge is 0.308 e. The predicted octanol–water partition coefficient (Wildman–Crippen LogP) is 1.13. The summed E-state index contributed by atoms with van der Waals surface area (Å²) in [5.74, 6) is -4.22. The molecule has 0 aliphatic carbocycles. The van der Waals surface area contributed by atoms with Crippen LogP contribution in [0.5, 0.6) is 0 Å². The molecule has 0 bridgehead atoms. The number of rotatable bonds is 5. The van der Waals surface area contributed by atoms with E-state index >= 15 is 0 Å². The quantitative estimate of drug-likeness (QED) is 0.628. The first kappa shape index (κ1) is 16.5. The molecule has 1 aromatic carbocycles. The van der Waals surface area contributed by atoms with Gasteiger partial charge in [-0.2, -0.15) is 4.39 Å². The molecule has 114 valence electrons. The number of likely N-dealkylation sites (N-methyl/N-ethyl adjacent to an activating group) is 1. The summed E-state index contributed by atoms with van der Waals surface area (Å²) in [7, 11) is 0. The summed E-state index contributed by atoms with van der Waals surface area (Å²) in [6, 6.07) is -0.0966. The van der Waals surface area contributed by atoms with E-state index in [1.54, 1.807) is 6.92 Å². The molecule has 0 radical (unpaired) electrons. The van der Waals surface area contributed by atoms with Crippen molar-refractivity contribution in [2.45, 2.75) is 19.9 Å². The Balaban J connectivity index is 3.03. The molecule has 0 aliphatic heterocycles. The van der Waals surface area contributed by atoms with Crippen LogP contribution in [0.2, 0.25) is 0 Å². The molecule has 0 spiro atoms. The summed E-state index contributed by atoms with van der Waals surface area (Å²) in [6.07, 6.45) is 0. The average molecular weight is 301 g/mol. The highest BCUT2D eigenvalue weighted by Gasteiger charge is 2.25. The van der Waals surface area contributed by atoms with E-state index in [9.17, 15) is 28.5 Å². The number of hydrogen-bond donors (Lipinski definition) is 2. The third kappa shape index (κ3) is 3.94. The summed E-state index contributed by atoms with van der Waals surface area (Å²) in [5, 5.41) is 15.1. The second kappa shape index (κ2) is 6.73. The molecule has 9 heteroatoms. The molecule has 0 fully saturated rings. The Hall–Kier alpha value is -2.58. The maximum absolute atomic E-state index is 13.8. The van der Waals surface area contributed by atoms with Crippen LogP contribution < -0.4 is 10.6 Å². The lowest BCUT2D eigenvalue weighted by molar-refractivity contribution is -0.387. The van der Waals surface area contributed by atoms with Crippen molar-refractivity contribution in [3.05, 3.63) is 39.4 Å². The van der Waals surface area contributed by atoms with Crippen LogP contribution in [0, 0.1) is 21.7 Å². The van der Waals surface area contributed by atoms with Crippen molar-refractivity contribution in [2.75, 3.05) is 6.54 Å². The Morgan fingerprint density at radius 1 is 1.38 bits per heavy atom. The molecule has 21 heavy (non-hydrogen) atoms. The number of halogens is 2. The molecular weight excluding hydrogens is 288 g/mol. The van der Waals surface area contributed by atoms with E-state index in [1.807, 2.05) is 0 Å². The van der Waals surface area contributed by atoms with Crippen LogP contribution in [0.4, 0.5) is 14.5 Å². The summed E-state index contributed by atoms with van der Waals surface area (Å²) < 4.78 is 27.0. The predicted molar refractivity (Wildman–Crippen MR) is 68.6 cm³/mol. The minimum atomic E-state index is -1.46. The van der Waals surface area contributed by atoms with Gasteiger partial charge in [0.25, 0.3) is 5.91 Å². The van der Waals surface area contributed by atoms with Crippen molar-refractivity contribution in [2.24, 2.45) is 0 Å². The maximum atomic E-state index is 13.8. The standard InChI is InChI=1S/C12H13F2N3O4/c1-3-15-11(18)6(2)16-12(19)8-4-7(13)5-9(10(8)14)17(20)21/h4-6H,3H2,1-2H3,(H,15,18)(H,16,19). The number of carbonyl (C=O) groups excluding carboxylic acids is 2. The summed E-state index contributed by atoms with van der Waals surface area (Å²) in [4.78, 5) is 32.7. The number of nitro benzene ring substituents is 1. The normalized spacial score (nSPS) is 11.6. The van der Waals surface area contributed by atoms with E-state index in [0.29, 0.717) is 18.7 Å². The van der Waals surface area contributed by atoms with Crippen LogP contribution in [0.3, 0.4) is 0 Å². The Morgan fingerprint density at radius 3 is 2.52 bits per heavy atom. The molecule has 0 aromatic heterocycles. The molecule has 1 aromatic rings. The number of nitrogens with one attached hydrogen (secondary N) is 2. The van der Waals surface area contributed by atoms with Crippen molar-refractivity contribution in [1.29, 1.82) is 0 Å². The molecule has 7 nitrogen and oxygen atoms in total. The SMILES string of the molecule is CCNC(=O)C(C)NC(=O)c1cc(F)cc([N+](=O)[O-])c1F. The number of nitro groups is 1. The van der Waals surface area contributed by atoms with Crippen molar-refractivity contribution in [3.63, 3.8) is 0 Å². The van der Waals surface area contributed by atoms with Crippen LogP contribution in [-0.2, 0) is 4.79 Å². The summed E-state index contributed by atoms with van der Waals surface area (Å²) >= 11 is 0. The van der Waals surface area contributed by atoms with E-state index < -0.39 is 45.7 Å². The second-order valence-electron chi connectivity index (χ2n) is 4.13. The fourth-order valence-electron chi connectivity index (χ4n) is 1.54. The summed E-state index contributed by atoms with van der Waals surface area (Å²) in [6.45, 7) is 3.34. The minimum Gasteiger partial charge on any atom is -0.355 e. The van der Waals surface area contributed by atoms with Gasteiger partial charge in [-0.3, -0.25) is 19.7 Å². The molecule has 0 saturated heterocycles.